The molecule has 0 aromatic heterocycles. The number of methoxy groups -OCH3 is 1. The largest absolute Gasteiger partial charge is 0.465 e. The highest BCUT2D eigenvalue weighted by Crippen LogP contribution is 2.15. The maximum atomic E-state index is 12.6. The van der Waals surface area contributed by atoms with Gasteiger partial charge in [-0.25, -0.2) is 24.8 Å². The van der Waals surface area contributed by atoms with Crippen molar-refractivity contribution in [1.82, 2.24) is 10.4 Å². The second-order valence-electron chi connectivity index (χ2n) is 7.62. The van der Waals surface area contributed by atoms with Crippen molar-refractivity contribution < 1.29 is 28.6 Å². The molecule has 9 heteroatoms. The van der Waals surface area contributed by atoms with Gasteiger partial charge >= 0.3 is 18.2 Å². The highest BCUT2D eigenvalue weighted by Gasteiger charge is 2.30. The van der Waals surface area contributed by atoms with Crippen LogP contribution in [-0.4, -0.2) is 47.5 Å². The summed E-state index contributed by atoms with van der Waals surface area (Å²) in [5, 5.41) is 10.0. The van der Waals surface area contributed by atoms with E-state index in [-0.39, 0.29) is 12.0 Å². The predicted molar refractivity (Wildman–Crippen MR) is 97.2 cm³/mol. The third kappa shape index (κ3) is 9.49. The van der Waals surface area contributed by atoms with E-state index in [1.807, 2.05) is 0 Å². The number of hydrazine groups is 1. The number of hydrogen-bond donors (Lipinski definition) is 1. The lowest BCUT2D eigenvalue weighted by Crippen LogP contribution is -2.54. The maximum Gasteiger partial charge on any atom is 0.429 e. The molecule has 0 saturated heterocycles. The molecule has 0 spiro atoms. The highest BCUT2D eigenvalue weighted by molar-refractivity contribution is 5.92. The van der Waals surface area contributed by atoms with E-state index in [1.54, 1.807) is 54.5 Å². The van der Waals surface area contributed by atoms with Crippen LogP contribution in [0.15, 0.2) is 11.6 Å². The Morgan fingerprint density at radius 2 is 1.63 bits per heavy atom. The topological polar surface area (TPSA) is 118 Å². The molecular weight excluding hydrogens is 354 g/mol. The van der Waals surface area contributed by atoms with Crippen LogP contribution in [0.3, 0.4) is 0 Å². The number of esters is 1. The molecule has 27 heavy (non-hydrogen) atoms. The Hall–Kier alpha value is -2.76. The molecule has 0 heterocycles. The van der Waals surface area contributed by atoms with Gasteiger partial charge in [0.2, 0.25) is 0 Å². The first kappa shape index (κ1) is 24.2. The molecule has 0 aromatic carbocycles. The number of amides is 2. The van der Waals surface area contributed by atoms with E-state index in [0.717, 1.165) is 12.1 Å². The summed E-state index contributed by atoms with van der Waals surface area (Å²) >= 11 is 0. The molecule has 0 rings (SSSR count). The fraction of sp³-hybridized carbons (Fsp3) is 0.667. The van der Waals surface area contributed by atoms with Crippen LogP contribution < -0.4 is 5.43 Å². The van der Waals surface area contributed by atoms with Crippen molar-refractivity contribution in [2.75, 3.05) is 7.11 Å². The molecule has 0 unspecified atom stereocenters. The summed E-state index contributed by atoms with van der Waals surface area (Å²) in [6, 6.07) is 0.869. The zero-order valence-electron chi connectivity index (χ0n) is 17.2. The van der Waals surface area contributed by atoms with Gasteiger partial charge in [-0.1, -0.05) is 6.92 Å². The van der Waals surface area contributed by atoms with Gasteiger partial charge in [0, 0.05) is 0 Å². The molecule has 0 bridgehead atoms. The molecule has 1 N–H and O–H groups in total. The van der Waals surface area contributed by atoms with E-state index in [9.17, 15) is 14.4 Å². The fourth-order valence-corrected chi connectivity index (χ4v) is 1.80. The smallest absolute Gasteiger partial charge is 0.429 e. The molecule has 0 aliphatic heterocycles. The molecule has 0 fully saturated rings. The van der Waals surface area contributed by atoms with E-state index in [4.69, 9.17) is 14.7 Å². The summed E-state index contributed by atoms with van der Waals surface area (Å²) in [7, 11) is 1.14. The number of nitrogens with one attached hydrogen (secondary N) is 1. The van der Waals surface area contributed by atoms with Crippen molar-refractivity contribution in [3.05, 3.63) is 11.6 Å². The molecule has 1 atom stereocenters. The van der Waals surface area contributed by atoms with Crippen molar-refractivity contribution in [3.63, 3.8) is 0 Å². The van der Waals surface area contributed by atoms with Gasteiger partial charge in [0.05, 0.1) is 13.2 Å². The maximum absolute atomic E-state index is 12.6. The van der Waals surface area contributed by atoms with Gasteiger partial charge in [-0.3, -0.25) is 0 Å². The van der Waals surface area contributed by atoms with Crippen molar-refractivity contribution in [2.24, 2.45) is 0 Å². The SMILES string of the molecule is CC[C@@H](/C=C(\C#N)C(=O)OC)N(NC(=O)OC(C)(C)C)C(=O)OC(C)(C)C. The van der Waals surface area contributed by atoms with Crippen LogP contribution in [0.25, 0.3) is 0 Å². The second-order valence-corrected chi connectivity index (χ2v) is 7.62. The minimum atomic E-state index is -0.878. The monoisotopic (exact) mass is 383 g/mol. The summed E-state index contributed by atoms with van der Waals surface area (Å²) < 4.78 is 15.0. The van der Waals surface area contributed by atoms with Gasteiger partial charge in [-0.2, -0.15) is 5.26 Å². The highest BCUT2D eigenvalue weighted by atomic mass is 16.6. The number of carbonyl (C=O) groups excluding carboxylic acids is 3. The van der Waals surface area contributed by atoms with Crippen LogP contribution in [-0.2, 0) is 19.0 Å². The molecular formula is C18H29N3O6. The number of nitriles is 1. The van der Waals surface area contributed by atoms with Crippen molar-refractivity contribution in [3.8, 4) is 6.07 Å². The second kappa shape index (κ2) is 9.80. The lowest BCUT2D eigenvalue weighted by molar-refractivity contribution is -0.135. The van der Waals surface area contributed by atoms with Gasteiger partial charge in [0.15, 0.2) is 0 Å². The van der Waals surface area contributed by atoms with Crippen LogP contribution in [0.4, 0.5) is 9.59 Å². The fourth-order valence-electron chi connectivity index (χ4n) is 1.80. The van der Waals surface area contributed by atoms with E-state index >= 15 is 0 Å². The zero-order chi connectivity index (χ0) is 21.4. The summed E-state index contributed by atoms with van der Waals surface area (Å²) in [6.07, 6.45) is -0.236. The van der Waals surface area contributed by atoms with Crippen LogP contribution in [0.1, 0.15) is 54.9 Å². The first-order valence-electron chi connectivity index (χ1n) is 8.46. The van der Waals surface area contributed by atoms with Crippen molar-refractivity contribution in [2.45, 2.75) is 72.1 Å². The predicted octanol–water partition coefficient (Wildman–Crippen LogP) is 3.06. The molecule has 152 valence electrons. The summed E-state index contributed by atoms with van der Waals surface area (Å²) in [5.41, 5.74) is 0.410. The summed E-state index contributed by atoms with van der Waals surface area (Å²) in [6.45, 7) is 11.7. The van der Waals surface area contributed by atoms with E-state index in [1.165, 1.54) is 6.08 Å². The average molecular weight is 383 g/mol. The van der Waals surface area contributed by atoms with Crippen molar-refractivity contribution in [1.29, 1.82) is 5.26 Å². The van der Waals surface area contributed by atoms with Crippen molar-refractivity contribution >= 4 is 18.2 Å². The van der Waals surface area contributed by atoms with Gasteiger partial charge in [-0.15, -0.1) is 0 Å². The number of rotatable bonds is 4. The Kier molecular flexibility index (Phi) is 8.80. The number of nitrogens with zero attached hydrogens (tertiary/aromatic N) is 2. The van der Waals surface area contributed by atoms with Crippen LogP contribution in [0, 0.1) is 11.3 Å². The van der Waals surface area contributed by atoms with Crippen LogP contribution in [0.2, 0.25) is 0 Å². The minimum absolute atomic E-state index is 0.275. The molecule has 0 radical (unpaired) electrons. The summed E-state index contributed by atoms with van der Waals surface area (Å²) in [4.78, 5) is 36.4. The molecule has 9 nitrogen and oxygen atoms in total. The molecule has 0 aliphatic carbocycles. The Balaban J connectivity index is 5.80. The average Bonchev–Trinajstić information content (AvgIpc) is 2.50. The van der Waals surface area contributed by atoms with E-state index < -0.39 is 35.4 Å². The third-order valence-corrected chi connectivity index (χ3v) is 2.84. The molecule has 2 amide bonds. The number of hydrogen-bond acceptors (Lipinski definition) is 7. The van der Waals surface area contributed by atoms with E-state index in [2.05, 4.69) is 10.2 Å². The molecule has 0 aliphatic rings. The molecule has 0 saturated carbocycles. The van der Waals surface area contributed by atoms with Crippen LogP contribution in [0.5, 0.6) is 0 Å². The van der Waals surface area contributed by atoms with Gasteiger partial charge < -0.3 is 14.2 Å². The zero-order valence-corrected chi connectivity index (χ0v) is 17.2. The van der Waals surface area contributed by atoms with Gasteiger partial charge in [-0.05, 0) is 54.0 Å². The normalized spacial score (nSPS) is 13.1. The Bertz CT molecular complexity index is 622. The Morgan fingerprint density at radius 1 is 1.11 bits per heavy atom. The first-order chi connectivity index (χ1) is 12.2. The van der Waals surface area contributed by atoms with E-state index in [0.29, 0.717) is 0 Å². The summed E-state index contributed by atoms with van der Waals surface area (Å²) in [5.74, 6) is -0.850. The Labute approximate surface area is 160 Å². The lowest BCUT2D eigenvalue weighted by Gasteiger charge is -2.32. The number of ether oxygens (including phenoxy) is 3. The van der Waals surface area contributed by atoms with Gasteiger partial charge in [0.25, 0.3) is 0 Å². The lowest BCUT2D eigenvalue weighted by atomic mass is 10.1. The Morgan fingerprint density at radius 3 is 2.00 bits per heavy atom. The minimum Gasteiger partial charge on any atom is -0.465 e. The standard InChI is InChI=1S/C18H29N3O6/c1-9-13(10-12(11-19)14(22)25-8)21(16(24)27-18(5,6)7)20-15(23)26-17(2,3)4/h10,13H,9H2,1-8H3,(H,20,23)/b12-10+/t13-/m0/s1. The quantitative estimate of drug-likeness (QED) is 0.260. The van der Waals surface area contributed by atoms with Crippen LogP contribution >= 0.6 is 0 Å². The van der Waals surface area contributed by atoms with Gasteiger partial charge in [0.1, 0.15) is 22.8 Å². The molecule has 0 aromatic rings. The first-order valence-corrected chi connectivity index (χ1v) is 8.46. The number of carbonyl (C=O) groups is 3. The third-order valence-electron chi connectivity index (χ3n) is 2.84.